The molecule has 0 saturated carbocycles. The molecule has 1 aromatic heterocycles. The lowest BCUT2D eigenvalue weighted by atomic mass is 10.2. The van der Waals surface area contributed by atoms with Crippen LogP contribution in [0.3, 0.4) is 0 Å². The van der Waals surface area contributed by atoms with Gasteiger partial charge in [-0.15, -0.1) is 0 Å². The molecule has 1 unspecified atom stereocenters. The van der Waals surface area contributed by atoms with E-state index in [-0.39, 0.29) is 0 Å². The molecule has 1 rings (SSSR count). The van der Waals surface area contributed by atoms with Gasteiger partial charge < -0.3 is 11.1 Å². The van der Waals surface area contributed by atoms with Crippen LogP contribution in [0.4, 0.5) is 11.4 Å². The largest absolute Gasteiger partial charge is 0.397 e. The van der Waals surface area contributed by atoms with Crippen molar-refractivity contribution < 1.29 is 0 Å². The van der Waals surface area contributed by atoms with E-state index in [2.05, 4.69) is 23.5 Å². The molecule has 0 saturated heterocycles. The van der Waals surface area contributed by atoms with E-state index in [9.17, 15) is 0 Å². The van der Waals surface area contributed by atoms with E-state index in [0.29, 0.717) is 11.6 Å². The fraction of sp³-hybridized carbons (Fsp3) is 0.500. The molecule has 1 heterocycles. The average Bonchev–Trinajstić information content (AvgIpc) is 2.15. The van der Waals surface area contributed by atoms with Gasteiger partial charge >= 0.3 is 0 Å². The summed E-state index contributed by atoms with van der Waals surface area (Å²) in [5.74, 6) is 1.83. The highest BCUT2D eigenvalue weighted by atomic mass is 32.2. The first-order valence-corrected chi connectivity index (χ1v) is 6.05. The third kappa shape index (κ3) is 3.87. The van der Waals surface area contributed by atoms with E-state index in [4.69, 9.17) is 5.73 Å². The fourth-order valence-corrected chi connectivity index (χ4v) is 1.88. The zero-order valence-electron chi connectivity index (χ0n) is 8.66. The van der Waals surface area contributed by atoms with Crippen molar-refractivity contribution in [2.75, 3.05) is 29.6 Å². The Morgan fingerprint density at radius 3 is 3.00 bits per heavy atom. The number of nitrogens with two attached hydrogens (primary N) is 1. The number of nitrogens with one attached hydrogen (secondary N) is 1. The summed E-state index contributed by atoms with van der Waals surface area (Å²) in [5, 5.41) is 3.31. The summed E-state index contributed by atoms with van der Waals surface area (Å²) in [4.78, 5) is 4.02. The van der Waals surface area contributed by atoms with Crippen molar-refractivity contribution in [2.45, 2.75) is 6.92 Å². The van der Waals surface area contributed by atoms with Crippen LogP contribution >= 0.6 is 11.8 Å². The highest BCUT2D eigenvalue weighted by Gasteiger charge is 2.00. The molecule has 78 valence electrons. The normalized spacial score (nSPS) is 12.4. The molecule has 4 heteroatoms. The van der Waals surface area contributed by atoms with Crippen LogP contribution in [0.25, 0.3) is 0 Å². The molecule has 14 heavy (non-hydrogen) atoms. The number of rotatable bonds is 5. The van der Waals surface area contributed by atoms with Crippen LogP contribution in [0.2, 0.25) is 0 Å². The van der Waals surface area contributed by atoms with E-state index >= 15 is 0 Å². The molecule has 0 aliphatic carbocycles. The Kier molecular flexibility index (Phi) is 4.59. The lowest BCUT2D eigenvalue weighted by molar-refractivity contribution is 0.701. The van der Waals surface area contributed by atoms with Crippen molar-refractivity contribution in [1.82, 2.24) is 4.98 Å². The number of aromatic nitrogens is 1. The van der Waals surface area contributed by atoms with Crippen LogP contribution in [-0.2, 0) is 0 Å². The SMILES string of the molecule is CSCC(C)CNc1cncc(N)c1. The Morgan fingerprint density at radius 2 is 2.36 bits per heavy atom. The van der Waals surface area contributed by atoms with E-state index in [1.165, 1.54) is 5.75 Å². The standard InChI is InChI=1S/C10H17N3S/c1-8(7-14-2)4-13-10-3-9(11)5-12-6-10/h3,5-6,8,13H,4,7,11H2,1-2H3. The molecule has 0 spiro atoms. The molecule has 0 bridgehead atoms. The van der Waals surface area contributed by atoms with Crippen molar-refractivity contribution in [3.63, 3.8) is 0 Å². The van der Waals surface area contributed by atoms with Gasteiger partial charge in [0.15, 0.2) is 0 Å². The van der Waals surface area contributed by atoms with E-state index < -0.39 is 0 Å². The number of nitrogen functional groups attached to an aromatic ring is 1. The molecule has 0 radical (unpaired) electrons. The third-order valence-corrected chi connectivity index (χ3v) is 2.77. The molecular formula is C10H17N3S. The topological polar surface area (TPSA) is 50.9 Å². The zero-order valence-corrected chi connectivity index (χ0v) is 9.47. The van der Waals surface area contributed by atoms with E-state index in [1.807, 2.05) is 17.8 Å². The molecule has 0 aromatic carbocycles. The minimum absolute atomic E-state index is 0.659. The molecule has 3 nitrogen and oxygen atoms in total. The van der Waals surface area contributed by atoms with Crippen LogP contribution in [0.5, 0.6) is 0 Å². The molecule has 0 amide bonds. The van der Waals surface area contributed by atoms with Gasteiger partial charge in [0, 0.05) is 12.7 Å². The maximum absolute atomic E-state index is 5.62. The first kappa shape index (κ1) is 11.2. The lowest BCUT2D eigenvalue weighted by Crippen LogP contribution is -2.13. The summed E-state index contributed by atoms with van der Waals surface area (Å²) in [5.41, 5.74) is 7.32. The number of anilines is 2. The fourth-order valence-electron chi connectivity index (χ4n) is 1.19. The first-order chi connectivity index (χ1) is 6.72. The summed E-state index contributed by atoms with van der Waals surface area (Å²) in [6, 6.07) is 1.90. The predicted octanol–water partition coefficient (Wildman–Crippen LogP) is 2.07. The average molecular weight is 211 g/mol. The number of thioether (sulfide) groups is 1. The predicted molar refractivity (Wildman–Crippen MR) is 64.7 cm³/mol. The molecular weight excluding hydrogens is 194 g/mol. The maximum atomic E-state index is 5.62. The summed E-state index contributed by atoms with van der Waals surface area (Å²) >= 11 is 1.87. The van der Waals surface area contributed by atoms with Gasteiger partial charge in [-0.25, -0.2) is 0 Å². The van der Waals surface area contributed by atoms with Gasteiger partial charge in [0.25, 0.3) is 0 Å². The van der Waals surface area contributed by atoms with Crippen molar-refractivity contribution in [3.05, 3.63) is 18.5 Å². The third-order valence-electron chi connectivity index (χ3n) is 1.87. The highest BCUT2D eigenvalue weighted by molar-refractivity contribution is 7.98. The van der Waals surface area contributed by atoms with Crippen molar-refractivity contribution in [2.24, 2.45) is 5.92 Å². The minimum Gasteiger partial charge on any atom is -0.397 e. The van der Waals surface area contributed by atoms with Crippen LogP contribution in [0, 0.1) is 5.92 Å². The van der Waals surface area contributed by atoms with Gasteiger partial charge in [-0.05, 0) is 24.0 Å². The van der Waals surface area contributed by atoms with Crippen LogP contribution in [-0.4, -0.2) is 23.5 Å². The minimum atomic E-state index is 0.659. The zero-order chi connectivity index (χ0) is 10.4. The van der Waals surface area contributed by atoms with Gasteiger partial charge in [0.05, 0.1) is 17.6 Å². The molecule has 0 aliphatic rings. The lowest BCUT2D eigenvalue weighted by Gasteiger charge is -2.11. The second-order valence-corrected chi connectivity index (χ2v) is 4.36. The molecule has 0 aliphatic heterocycles. The molecule has 1 aromatic rings. The number of hydrogen-bond acceptors (Lipinski definition) is 4. The Hall–Kier alpha value is -0.900. The summed E-state index contributed by atoms with van der Waals surface area (Å²) in [6.45, 7) is 3.19. The molecule has 0 fully saturated rings. The monoisotopic (exact) mass is 211 g/mol. The van der Waals surface area contributed by atoms with Gasteiger partial charge in [-0.3, -0.25) is 4.98 Å². The Bertz CT molecular complexity index is 278. The van der Waals surface area contributed by atoms with Crippen molar-refractivity contribution in [3.8, 4) is 0 Å². The number of nitrogens with zero attached hydrogens (tertiary/aromatic N) is 1. The Morgan fingerprint density at radius 1 is 1.57 bits per heavy atom. The summed E-state index contributed by atoms with van der Waals surface area (Å²) in [6.07, 6.45) is 5.57. The molecule has 3 N–H and O–H groups in total. The first-order valence-electron chi connectivity index (χ1n) is 4.65. The van der Waals surface area contributed by atoms with Crippen LogP contribution < -0.4 is 11.1 Å². The Balaban J connectivity index is 2.37. The summed E-state index contributed by atoms with van der Waals surface area (Å²) in [7, 11) is 0. The summed E-state index contributed by atoms with van der Waals surface area (Å²) < 4.78 is 0. The Labute approximate surface area is 89.5 Å². The second-order valence-electron chi connectivity index (χ2n) is 3.45. The van der Waals surface area contributed by atoms with Crippen molar-refractivity contribution >= 4 is 23.1 Å². The number of hydrogen-bond donors (Lipinski definition) is 2. The molecule has 1 atom stereocenters. The van der Waals surface area contributed by atoms with Gasteiger partial charge in [0.2, 0.25) is 0 Å². The van der Waals surface area contributed by atoms with Crippen molar-refractivity contribution in [1.29, 1.82) is 0 Å². The number of pyridine rings is 1. The second kappa shape index (κ2) is 5.75. The quantitative estimate of drug-likeness (QED) is 0.783. The van der Waals surface area contributed by atoms with E-state index in [0.717, 1.165) is 12.2 Å². The van der Waals surface area contributed by atoms with Crippen LogP contribution in [0.1, 0.15) is 6.92 Å². The van der Waals surface area contributed by atoms with Crippen LogP contribution in [0.15, 0.2) is 18.5 Å². The van der Waals surface area contributed by atoms with Gasteiger partial charge in [0.1, 0.15) is 0 Å². The maximum Gasteiger partial charge on any atom is 0.0547 e. The smallest absolute Gasteiger partial charge is 0.0547 e. The highest BCUT2D eigenvalue weighted by Crippen LogP contribution is 2.11. The van der Waals surface area contributed by atoms with Gasteiger partial charge in [-0.2, -0.15) is 11.8 Å². The van der Waals surface area contributed by atoms with Gasteiger partial charge in [-0.1, -0.05) is 6.92 Å². The van der Waals surface area contributed by atoms with E-state index in [1.54, 1.807) is 12.4 Å².